The summed E-state index contributed by atoms with van der Waals surface area (Å²) in [6, 6.07) is 13.5. The van der Waals surface area contributed by atoms with Crippen molar-refractivity contribution in [3.05, 3.63) is 65.5 Å². The number of anilines is 1. The second-order valence-corrected chi connectivity index (χ2v) is 6.08. The molecule has 0 bridgehead atoms. The van der Waals surface area contributed by atoms with Crippen molar-refractivity contribution in [2.24, 2.45) is 0 Å². The van der Waals surface area contributed by atoms with E-state index in [0.29, 0.717) is 12.1 Å². The number of halogens is 1. The minimum absolute atomic E-state index is 0.0284. The van der Waals surface area contributed by atoms with E-state index in [1.54, 1.807) is 32.0 Å². The number of benzene rings is 2. The van der Waals surface area contributed by atoms with Crippen LogP contribution in [0, 0.1) is 5.82 Å². The van der Waals surface area contributed by atoms with Crippen molar-refractivity contribution in [1.29, 1.82) is 0 Å². The maximum Gasteiger partial charge on any atom is 0.254 e. The summed E-state index contributed by atoms with van der Waals surface area (Å²) in [5, 5.41) is 12.9. The van der Waals surface area contributed by atoms with Crippen molar-refractivity contribution < 1.29 is 14.3 Å². The number of nitrogens with zero attached hydrogens (tertiary/aromatic N) is 1. The maximum absolute atomic E-state index is 14.1. The molecule has 1 amide bonds. The van der Waals surface area contributed by atoms with Crippen LogP contribution in [0.15, 0.2) is 48.5 Å². The molecule has 24 heavy (non-hydrogen) atoms. The summed E-state index contributed by atoms with van der Waals surface area (Å²) in [6.45, 7) is 1.71. The zero-order valence-corrected chi connectivity index (χ0v) is 14.2. The molecule has 0 heterocycles. The number of hydrogen-bond acceptors (Lipinski definition) is 3. The first-order valence-electron chi connectivity index (χ1n) is 7.88. The number of rotatable bonds is 6. The summed E-state index contributed by atoms with van der Waals surface area (Å²) >= 11 is 0. The predicted molar refractivity (Wildman–Crippen MR) is 93.8 cm³/mol. The number of aliphatic hydroxyl groups excluding tert-OH is 1. The highest BCUT2D eigenvalue weighted by Gasteiger charge is 2.20. The summed E-state index contributed by atoms with van der Waals surface area (Å²) < 4.78 is 14.1. The molecule has 0 saturated heterocycles. The van der Waals surface area contributed by atoms with Gasteiger partial charge in [0.1, 0.15) is 5.82 Å². The van der Waals surface area contributed by atoms with Crippen LogP contribution < -0.4 is 10.2 Å². The van der Waals surface area contributed by atoms with E-state index in [9.17, 15) is 14.3 Å². The van der Waals surface area contributed by atoms with Crippen LogP contribution in [-0.4, -0.2) is 37.3 Å². The summed E-state index contributed by atoms with van der Waals surface area (Å²) in [5.41, 5.74) is 1.63. The Hall–Kier alpha value is -2.40. The molecule has 0 aliphatic carbocycles. The average Bonchev–Trinajstić information content (AvgIpc) is 2.55. The summed E-state index contributed by atoms with van der Waals surface area (Å²) in [6.07, 6.45) is -0.329. The highest BCUT2D eigenvalue weighted by atomic mass is 19.1. The summed E-state index contributed by atoms with van der Waals surface area (Å²) in [7, 11) is 3.60. The summed E-state index contributed by atoms with van der Waals surface area (Å²) in [5.74, 6) is -1.11. The third-order valence-electron chi connectivity index (χ3n) is 3.94. The molecular formula is C19H23FN2O2. The lowest BCUT2D eigenvalue weighted by Crippen LogP contribution is -2.42. The molecule has 0 saturated carbocycles. The Morgan fingerprint density at radius 3 is 2.46 bits per heavy atom. The van der Waals surface area contributed by atoms with Gasteiger partial charge in [-0.05, 0) is 30.7 Å². The third kappa shape index (κ3) is 4.55. The minimum Gasteiger partial charge on any atom is -0.391 e. The molecule has 2 N–H and O–H groups in total. The lowest BCUT2D eigenvalue weighted by molar-refractivity contribution is 0.0848. The quantitative estimate of drug-likeness (QED) is 0.856. The zero-order valence-electron chi connectivity index (χ0n) is 14.2. The van der Waals surface area contributed by atoms with Crippen LogP contribution in [0.1, 0.15) is 22.8 Å². The van der Waals surface area contributed by atoms with Crippen LogP contribution in [0.4, 0.5) is 10.1 Å². The van der Waals surface area contributed by atoms with Crippen LogP contribution in [0.3, 0.4) is 0 Å². The predicted octanol–water partition coefficient (Wildman–Crippen LogP) is 2.61. The standard InChI is InChI=1S/C19H23FN2O2/c1-13(18(23)11-14-7-5-4-6-8-14)21-19(24)16-10-9-15(22(2)3)12-17(16)20/h4-10,12-13,18,23H,11H2,1-3H3,(H,21,24). The van der Waals surface area contributed by atoms with Gasteiger partial charge in [0.15, 0.2) is 0 Å². The van der Waals surface area contributed by atoms with Crippen LogP contribution in [0.2, 0.25) is 0 Å². The Kier molecular flexibility index (Phi) is 5.93. The molecule has 0 aliphatic heterocycles. The van der Waals surface area contributed by atoms with Crippen molar-refractivity contribution in [3.63, 3.8) is 0 Å². The van der Waals surface area contributed by atoms with Crippen molar-refractivity contribution in [2.45, 2.75) is 25.5 Å². The van der Waals surface area contributed by atoms with Gasteiger partial charge in [-0.3, -0.25) is 4.79 Å². The van der Waals surface area contributed by atoms with Crippen LogP contribution in [-0.2, 0) is 6.42 Å². The van der Waals surface area contributed by atoms with Gasteiger partial charge >= 0.3 is 0 Å². The first-order chi connectivity index (χ1) is 11.4. The first kappa shape index (κ1) is 17.9. The van der Waals surface area contributed by atoms with E-state index in [0.717, 1.165) is 5.56 Å². The maximum atomic E-state index is 14.1. The number of hydrogen-bond donors (Lipinski definition) is 2. The highest BCUT2D eigenvalue weighted by molar-refractivity contribution is 5.95. The molecule has 0 aliphatic rings. The second-order valence-electron chi connectivity index (χ2n) is 6.08. The monoisotopic (exact) mass is 330 g/mol. The van der Waals surface area contributed by atoms with E-state index in [4.69, 9.17) is 0 Å². The number of aliphatic hydroxyl groups is 1. The van der Waals surface area contributed by atoms with E-state index in [1.807, 2.05) is 30.3 Å². The fraction of sp³-hybridized carbons (Fsp3) is 0.316. The number of carbonyl (C=O) groups excluding carboxylic acids is 1. The van der Waals surface area contributed by atoms with Gasteiger partial charge in [-0.1, -0.05) is 30.3 Å². The lowest BCUT2D eigenvalue weighted by atomic mass is 10.0. The van der Waals surface area contributed by atoms with Crippen LogP contribution in [0.25, 0.3) is 0 Å². The lowest BCUT2D eigenvalue weighted by Gasteiger charge is -2.21. The number of nitrogens with one attached hydrogen (secondary N) is 1. The van der Waals surface area contributed by atoms with E-state index < -0.39 is 23.9 Å². The van der Waals surface area contributed by atoms with E-state index in [1.165, 1.54) is 12.1 Å². The average molecular weight is 330 g/mol. The Bertz CT molecular complexity index is 689. The van der Waals surface area contributed by atoms with Gasteiger partial charge < -0.3 is 15.3 Å². The molecular weight excluding hydrogens is 307 g/mol. The van der Waals surface area contributed by atoms with Crippen molar-refractivity contribution in [2.75, 3.05) is 19.0 Å². The van der Waals surface area contributed by atoms with Crippen molar-refractivity contribution >= 4 is 11.6 Å². The molecule has 0 aromatic heterocycles. The molecule has 2 unspecified atom stereocenters. The first-order valence-corrected chi connectivity index (χ1v) is 7.88. The molecule has 2 aromatic rings. The summed E-state index contributed by atoms with van der Waals surface area (Å²) in [4.78, 5) is 14.0. The van der Waals surface area contributed by atoms with Gasteiger partial charge in [0, 0.05) is 26.2 Å². The molecule has 2 aromatic carbocycles. The van der Waals surface area contributed by atoms with Gasteiger partial charge in [0.05, 0.1) is 17.7 Å². The third-order valence-corrected chi connectivity index (χ3v) is 3.94. The van der Waals surface area contributed by atoms with Gasteiger partial charge in [-0.2, -0.15) is 0 Å². The fourth-order valence-corrected chi connectivity index (χ4v) is 2.38. The Morgan fingerprint density at radius 2 is 1.88 bits per heavy atom. The molecule has 2 rings (SSSR count). The van der Waals surface area contributed by atoms with E-state index in [-0.39, 0.29) is 5.56 Å². The molecule has 128 valence electrons. The fourth-order valence-electron chi connectivity index (χ4n) is 2.38. The largest absolute Gasteiger partial charge is 0.391 e. The zero-order chi connectivity index (χ0) is 17.7. The highest BCUT2D eigenvalue weighted by Crippen LogP contribution is 2.17. The number of carbonyl (C=O) groups is 1. The van der Waals surface area contributed by atoms with E-state index >= 15 is 0 Å². The van der Waals surface area contributed by atoms with Gasteiger partial charge in [0.2, 0.25) is 0 Å². The van der Waals surface area contributed by atoms with Crippen molar-refractivity contribution in [1.82, 2.24) is 5.32 Å². The Labute approximate surface area is 141 Å². The molecule has 0 spiro atoms. The van der Waals surface area contributed by atoms with Gasteiger partial charge in [0.25, 0.3) is 5.91 Å². The Morgan fingerprint density at radius 1 is 1.21 bits per heavy atom. The smallest absolute Gasteiger partial charge is 0.254 e. The minimum atomic E-state index is -0.750. The SMILES string of the molecule is CC(NC(=O)c1ccc(N(C)C)cc1F)C(O)Cc1ccccc1. The molecule has 2 atom stereocenters. The molecule has 4 nitrogen and oxygen atoms in total. The van der Waals surface area contributed by atoms with Gasteiger partial charge in [-0.25, -0.2) is 4.39 Å². The normalized spacial score (nSPS) is 13.2. The topological polar surface area (TPSA) is 52.6 Å². The second kappa shape index (κ2) is 7.93. The Balaban J connectivity index is 2.00. The van der Waals surface area contributed by atoms with Gasteiger partial charge in [-0.15, -0.1) is 0 Å². The van der Waals surface area contributed by atoms with Crippen LogP contribution >= 0.6 is 0 Å². The molecule has 5 heteroatoms. The van der Waals surface area contributed by atoms with Crippen LogP contribution in [0.5, 0.6) is 0 Å². The molecule has 0 radical (unpaired) electrons. The molecule has 0 fully saturated rings. The van der Waals surface area contributed by atoms with E-state index in [2.05, 4.69) is 5.32 Å². The number of amides is 1. The van der Waals surface area contributed by atoms with Crippen molar-refractivity contribution in [3.8, 4) is 0 Å².